The van der Waals surface area contributed by atoms with E-state index in [1.165, 1.54) is 22.9 Å². The van der Waals surface area contributed by atoms with Crippen molar-refractivity contribution >= 4 is 17.4 Å². The fraction of sp³-hybridized carbons (Fsp3) is 0.125. The van der Waals surface area contributed by atoms with Gasteiger partial charge in [0.05, 0.1) is 10.5 Å². The number of rotatable bonds is 5. The third-order valence-corrected chi connectivity index (χ3v) is 4.58. The van der Waals surface area contributed by atoms with Gasteiger partial charge in [-0.05, 0) is 13.0 Å². The zero-order valence-electron chi connectivity index (χ0n) is 13.2. The fourth-order valence-corrected chi connectivity index (χ4v) is 3.16. The Morgan fingerprint density at radius 1 is 1.24 bits per heavy atom. The normalized spacial score (nSPS) is 10.8. The lowest BCUT2D eigenvalue weighted by atomic mass is 10.1. The van der Waals surface area contributed by atoms with E-state index in [4.69, 9.17) is 5.84 Å². The molecule has 9 heteroatoms. The van der Waals surface area contributed by atoms with Gasteiger partial charge in [0.2, 0.25) is 5.16 Å². The van der Waals surface area contributed by atoms with Crippen molar-refractivity contribution < 1.29 is 9.31 Å². The van der Waals surface area contributed by atoms with Crippen LogP contribution in [0.2, 0.25) is 0 Å². The zero-order chi connectivity index (χ0) is 18.0. The molecule has 3 rings (SSSR count). The average Bonchev–Trinajstić information content (AvgIpc) is 2.95. The largest absolute Gasteiger partial charge is 0.335 e. The standard InChI is InChI=1S/C16H14FN5O2S/c1-10-5-7-11(8-6-10)15-19-20-16(21(15)18)25-9-12-13(17)3-2-4-14(12)22(23)24/h2-8H,9,18H2,1H3. The molecule has 128 valence electrons. The van der Waals surface area contributed by atoms with Gasteiger partial charge >= 0.3 is 0 Å². The van der Waals surface area contributed by atoms with Gasteiger partial charge in [-0.2, -0.15) is 0 Å². The van der Waals surface area contributed by atoms with Gasteiger partial charge in [-0.25, -0.2) is 9.07 Å². The van der Waals surface area contributed by atoms with Crippen LogP contribution in [0.1, 0.15) is 11.1 Å². The van der Waals surface area contributed by atoms with Crippen molar-refractivity contribution in [1.29, 1.82) is 0 Å². The van der Waals surface area contributed by atoms with Crippen LogP contribution >= 0.6 is 11.8 Å². The number of hydrogen-bond donors (Lipinski definition) is 1. The summed E-state index contributed by atoms with van der Waals surface area (Å²) in [5, 5.41) is 19.4. The van der Waals surface area contributed by atoms with Crippen LogP contribution in [0.3, 0.4) is 0 Å². The minimum atomic E-state index is -0.636. The first-order valence-corrected chi connectivity index (χ1v) is 8.28. The number of nitrogens with zero attached hydrogens (tertiary/aromatic N) is 4. The average molecular weight is 359 g/mol. The van der Waals surface area contributed by atoms with Crippen molar-refractivity contribution in [2.75, 3.05) is 5.84 Å². The number of nitrogens with two attached hydrogens (primary N) is 1. The molecule has 0 aliphatic carbocycles. The maximum atomic E-state index is 13.9. The SMILES string of the molecule is Cc1ccc(-c2nnc(SCc3c(F)cccc3[N+](=O)[O-])n2N)cc1. The van der Waals surface area contributed by atoms with E-state index in [-0.39, 0.29) is 17.0 Å². The second-order valence-electron chi connectivity index (χ2n) is 5.33. The highest BCUT2D eigenvalue weighted by atomic mass is 32.2. The van der Waals surface area contributed by atoms with E-state index >= 15 is 0 Å². The summed E-state index contributed by atoms with van der Waals surface area (Å²) < 4.78 is 15.2. The third kappa shape index (κ3) is 3.45. The molecule has 0 atom stereocenters. The van der Waals surface area contributed by atoms with Crippen molar-refractivity contribution in [2.24, 2.45) is 0 Å². The van der Waals surface area contributed by atoms with Gasteiger partial charge < -0.3 is 5.84 Å². The number of aromatic nitrogens is 3. The van der Waals surface area contributed by atoms with Crippen LogP contribution in [0.5, 0.6) is 0 Å². The summed E-state index contributed by atoms with van der Waals surface area (Å²) >= 11 is 1.08. The molecule has 0 spiro atoms. The molecule has 0 aliphatic rings. The molecule has 0 aliphatic heterocycles. The summed E-state index contributed by atoms with van der Waals surface area (Å²) in [5.74, 6) is 5.86. The Labute approximate surface area is 146 Å². The smallest absolute Gasteiger partial charge is 0.276 e. The lowest BCUT2D eigenvalue weighted by molar-refractivity contribution is -0.385. The maximum absolute atomic E-state index is 13.9. The monoisotopic (exact) mass is 359 g/mol. The van der Waals surface area contributed by atoms with Gasteiger partial charge in [0, 0.05) is 17.4 Å². The van der Waals surface area contributed by atoms with Crippen LogP contribution in [0.15, 0.2) is 47.6 Å². The fourth-order valence-electron chi connectivity index (χ4n) is 2.27. The topological polar surface area (TPSA) is 99.9 Å². The number of benzene rings is 2. The first-order chi connectivity index (χ1) is 12.0. The number of nitrogen functional groups attached to an aromatic ring is 1. The quantitative estimate of drug-likeness (QED) is 0.325. The number of nitro groups is 1. The molecule has 25 heavy (non-hydrogen) atoms. The van der Waals surface area contributed by atoms with E-state index in [2.05, 4.69) is 10.2 Å². The van der Waals surface area contributed by atoms with Crippen LogP contribution in [0.4, 0.5) is 10.1 Å². The highest BCUT2D eigenvalue weighted by molar-refractivity contribution is 7.98. The van der Waals surface area contributed by atoms with Gasteiger partial charge in [-0.3, -0.25) is 10.1 Å². The highest BCUT2D eigenvalue weighted by Gasteiger charge is 2.20. The number of hydrogen-bond acceptors (Lipinski definition) is 6. The van der Waals surface area contributed by atoms with E-state index < -0.39 is 10.7 Å². The van der Waals surface area contributed by atoms with Crippen molar-refractivity contribution in [1.82, 2.24) is 14.9 Å². The molecular weight excluding hydrogens is 345 g/mol. The van der Waals surface area contributed by atoms with Crippen LogP contribution in [-0.4, -0.2) is 19.8 Å². The molecule has 1 heterocycles. The molecule has 3 aromatic rings. The van der Waals surface area contributed by atoms with E-state index in [0.717, 1.165) is 22.9 Å². The molecule has 0 saturated heterocycles. The second-order valence-corrected chi connectivity index (χ2v) is 6.27. The Hall–Kier alpha value is -2.94. The van der Waals surface area contributed by atoms with Gasteiger partial charge in [0.1, 0.15) is 5.82 Å². The number of nitro benzene ring substituents is 1. The number of halogens is 1. The van der Waals surface area contributed by atoms with E-state index in [0.29, 0.717) is 11.0 Å². The predicted octanol–water partition coefficient (Wildman–Crippen LogP) is 3.31. The third-order valence-electron chi connectivity index (χ3n) is 3.61. The number of thioether (sulfide) groups is 1. The maximum Gasteiger partial charge on any atom is 0.276 e. The molecule has 0 fully saturated rings. The van der Waals surface area contributed by atoms with Crippen molar-refractivity contribution in [2.45, 2.75) is 17.8 Å². The molecule has 0 saturated carbocycles. The second kappa shape index (κ2) is 6.89. The van der Waals surface area contributed by atoms with Gasteiger partial charge in [0.15, 0.2) is 5.82 Å². The molecular formula is C16H14FN5O2S. The minimum Gasteiger partial charge on any atom is -0.335 e. The van der Waals surface area contributed by atoms with Gasteiger partial charge in [0.25, 0.3) is 5.69 Å². The van der Waals surface area contributed by atoms with Crippen LogP contribution in [0, 0.1) is 22.9 Å². The van der Waals surface area contributed by atoms with E-state index in [9.17, 15) is 14.5 Å². The first-order valence-electron chi connectivity index (χ1n) is 7.29. The molecule has 2 N–H and O–H groups in total. The Kier molecular flexibility index (Phi) is 4.66. The number of aryl methyl sites for hydroxylation is 1. The van der Waals surface area contributed by atoms with Crippen molar-refractivity contribution in [3.05, 3.63) is 69.5 Å². The lowest BCUT2D eigenvalue weighted by Gasteiger charge is -2.05. The van der Waals surface area contributed by atoms with Gasteiger partial charge in [-0.15, -0.1) is 10.2 Å². The molecule has 0 unspecified atom stereocenters. The van der Waals surface area contributed by atoms with Crippen molar-refractivity contribution in [3.63, 3.8) is 0 Å². The molecule has 0 radical (unpaired) electrons. The summed E-state index contributed by atoms with van der Waals surface area (Å²) in [6, 6.07) is 11.4. The summed E-state index contributed by atoms with van der Waals surface area (Å²) in [5.41, 5.74) is 1.63. The van der Waals surface area contributed by atoms with Crippen LogP contribution in [-0.2, 0) is 5.75 Å². The van der Waals surface area contributed by atoms with Crippen molar-refractivity contribution in [3.8, 4) is 11.4 Å². The van der Waals surface area contributed by atoms with Crippen LogP contribution in [0.25, 0.3) is 11.4 Å². The summed E-state index contributed by atoms with van der Waals surface area (Å²) in [6.07, 6.45) is 0. The molecule has 7 nitrogen and oxygen atoms in total. The Morgan fingerprint density at radius 2 is 1.96 bits per heavy atom. The van der Waals surface area contributed by atoms with E-state index in [1.54, 1.807) is 0 Å². The molecule has 2 aromatic carbocycles. The van der Waals surface area contributed by atoms with Crippen LogP contribution < -0.4 is 5.84 Å². The summed E-state index contributed by atoms with van der Waals surface area (Å²) in [7, 11) is 0. The van der Waals surface area contributed by atoms with E-state index in [1.807, 2.05) is 31.2 Å². The minimum absolute atomic E-state index is 0.00242. The predicted molar refractivity (Wildman–Crippen MR) is 93.0 cm³/mol. The Balaban J connectivity index is 1.84. The molecule has 0 amide bonds. The Morgan fingerprint density at radius 3 is 2.64 bits per heavy atom. The Bertz CT molecular complexity index is 927. The first kappa shape index (κ1) is 16.9. The lowest BCUT2D eigenvalue weighted by Crippen LogP contribution is -2.11. The molecule has 1 aromatic heterocycles. The zero-order valence-corrected chi connectivity index (χ0v) is 14.0. The molecule has 0 bridgehead atoms. The van der Waals surface area contributed by atoms with Gasteiger partial charge in [-0.1, -0.05) is 47.7 Å². The summed E-state index contributed by atoms with van der Waals surface area (Å²) in [4.78, 5) is 10.4. The highest BCUT2D eigenvalue weighted by Crippen LogP contribution is 2.30. The summed E-state index contributed by atoms with van der Waals surface area (Å²) in [6.45, 7) is 1.97.